The number of hydrogen-bond acceptors (Lipinski definition) is 2. The molecule has 1 aromatic carbocycles. The Morgan fingerprint density at radius 3 is 2.81 bits per heavy atom. The highest BCUT2D eigenvalue weighted by molar-refractivity contribution is 6.04. The van der Waals surface area contributed by atoms with Crippen LogP contribution in [0.25, 0.3) is 0 Å². The molecule has 0 spiro atoms. The highest BCUT2D eigenvalue weighted by atomic mass is 16.3. The Bertz CT molecular complexity index is 416. The average Bonchev–Trinajstić information content (AvgIpc) is 2.52. The van der Waals surface area contributed by atoms with Gasteiger partial charge in [0.1, 0.15) is 0 Å². The summed E-state index contributed by atoms with van der Waals surface area (Å²) in [5.74, 6) is 0.0240. The predicted octanol–water partition coefficient (Wildman–Crippen LogP) is 2.26. The van der Waals surface area contributed by atoms with E-state index in [0.29, 0.717) is 17.9 Å². The number of hydrogen-bond donors (Lipinski definition) is 2. The Hall–Kier alpha value is -1.35. The van der Waals surface area contributed by atoms with Gasteiger partial charge < -0.3 is 10.4 Å². The number of rotatable bonds is 3. The van der Waals surface area contributed by atoms with E-state index in [-0.39, 0.29) is 5.91 Å². The maximum atomic E-state index is 11.8. The largest absolute Gasteiger partial charge is 0.375 e. The van der Waals surface area contributed by atoms with Crippen LogP contribution in [0, 0.1) is 5.92 Å². The molecule has 86 valence electrons. The number of carbonyl (C=O) groups is 1. The van der Waals surface area contributed by atoms with Crippen molar-refractivity contribution in [3.8, 4) is 0 Å². The molecular formula is C13H17NO2. The lowest BCUT2D eigenvalue weighted by Crippen LogP contribution is -2.35. The van der Waals surface area contributed by atoms with Gasteiger partial charge in [-0.3, -0.25) is 4.79 Å². The van der Waals surface area contributed by atoms with Crippen molar-refractivity contribution in [3.63, 3.8) is 0 Å². The summed E-state index contributed by atoms with van der Waals surface area (Å²) in [6, 6.07) is 7.34. The molecule has 0 fully saturated rings. The molecule has 1 heterocycles. The summed E-state index contributed by atoms with van der Waals surface area (Å²) in [5.41, 5.74) is 0.102. The van der Waals surface area contributed by atoms with Gasteiger partial charge in [-0.15, -0.1) is 0 Å². The zero-order chi connectivity index (χ0) is 11.8. The molecule has 2 rings (SSSR count). The van der Waals surface area contributed by atoms with Crippen LogP contribution in [0.15, 0.2) is 24.3 Å². The lowest BCUT2D eigenvalue weighted by Gasteiger charge is -2.23. The van der Waals surface area contributed by atoms with E-state index in [0.717, 1.165) is 12.1 Å². The van der Waals surface area contributed by atoms with Gasteiger partial charge in [0, 0.05) is 11.3 Å². The Morgan fingerprint density at radius 2 is 2.12 bits per heavy atom. The topological polar surface area (TPSA) is 49.3 Å². The van der Waals surface area contributed by atoms with Crippen LogP contribution < -0.4 is 5.32 Å². The molecule has 2 N–H and O–H groups in total. The van der Waals surface area contributed by atoms with Crippen molar-refractivity contribution in [3.05, 3.63) is 29.8 Å². The lowest BCUT2D eigenvalue weighted by molar-refractivity contribution is -0.135. The molecule has 0 aromatic heterocycles. The molecule has 0 radical (unpaired) electrons. The zero-order valence-electron chi connectivity index (χ0n) is 9.66. The number of fused-ring (bicyclic) bond motifs is 1. The highest BCUT2D eigenvalue weighted by Gasteiger charge is 2.45. The zero-order valence-corrected chi connectivity index (χ0v) is 9.66. The second kappa shape index (κ2) is 3.91. The molecule has 16 heavy (non-hydrogen) atoms. The van der Waals surface area contributed by atoms with Crippen molar-refractivity contribution in [2.24, 2.45) is 5.92 Å². The number of benzene rings is 1. The first-order valence-electron chi connectivity index (χ1n) is 5.71. The first-order chi connectivity index (χ1) is 7.58. The van der Waals surface area contributed by atoms with Crippen LogP contribution in [0.2, 0.25) is 0 Å². The van der Waals surface area contributed by atoms with Crippen molar-refractivity contribution < 1.29 is 9.90 Å². The molecule has 3 heteroatoms. The number of nitrogens with one attached hydrogen (secondary N) is 1. The molecule has 0 bridgehead atoms. The van der Waals surface area contributed by atoms with Gasteiger partial charge in [-0.2, -0.15) is 0 Å². The number of anilines is 1. The minimum Gasteiger partial charge on any atom is -0.375 e. The second-order valence-electron chi connectivity index (χ2n) is 4.58. The molecule has 3 nitrogen and oxygen atoms in total. The number of para-hydroxylation sites is 1. The van der Waals surface area contributed by atoms with Crippen molar-refractivity contribution in [1.29, 1.82) is 0 Å². The fourth-order valence-electron chi connectivity index (χ4n) is 2.15. The van der Waals surface area contributed by atoms with Crippen LogP contribution in [-0.4, -0.2) is 11.0 Å². The van der Waals surface area contributed by atoms with Crippen molar-refractivity contribution in [1.82, 2.24) is 0 Å². The molecule has 1 aromatic rings. The molecular weight excluding hydrogens is 202 g/mol. The number of aliphatic hydroxyl groups is 1. The van der Waals surface area contributed by atoms with E-state index < -0.39 is 5.60 Å². The van der Waals surface area contributed by atoms with E-state index in [4.69, 9.17) is 0 Å². The minimum atomic E-state index is -1.34. The average molecular weight is 219 g/mol. The molecule has 0 saturated heterocycles. The van der Waals surface area contributed by atoms with E-state index in [1.54, 1.807) is 0 Å². The standard InChI is InChI=1S/C13H17NO2/c1-3-9(2)8-13(16)10-6-4-5-7-11(10)14-12(13)15/h4-7,9,16H,3,8H2,1-2H3,(H,14,15). The van der Waals surface area contributed by atoms with E-state index in [1.807, 2.05) is 31.2 Å². The van der Waals surface area contributed by atoms with Gasteiger partial charge in [-0.1, -0.05) is 38.5 Å². The molecule has 0 aliphatic carbocycles. The van der Waals surface area contributed by atoms with E-state index in [9.17, 15) is 9.90 Å². The van der Waals surface area contributed by atoms with Gasteiger partial charge in [0.2, 0.25) is 0 Å². The molecule has 1 amide bonds. The predicted molar refractivity (Wildman–Crippen MR) is 63.0 cm³/mol. The third kappa shape index (κ3) is 1.61. The van der Waals surface area contributed by atoms with Gasteiger partial charge in [-0.05, 0) is 18.4 Å². The highest BCUT2D eigenvalue weighted by Crippen LogP contribution is 2.40. The fraction of sp³-hybridized carbons (Fsp3) is 0.462. The summed E-state index contributed by atoms with van der Waals surface area (Å²) in [6.07, 6.45) is 1.43. The smallest absolute Gasteiger partial charge is 0.261 e. The quantitative estimate of drug-likeness (QED) is 0.819. The van der Waals surface area contributed by atoms with Crippen LogP contribution in [0.3, 0.4) is 0 Å². The van der Waals surface area contributed by atoms with E-state index in [2.05, 4.69) is 12.2 Å². The normalized spacial score (nSPS) is 25.1. The van der Waals surface area contributed by atoms with Gasteiger partial charge in [0.05, 0.1) is 0 Å². The summed E-state index contributed by atoms with van der Waals surface area (Å²) in [7, 11) is 0. The third-order valence-corrected chi connectivity index (χ3v) is 3.34. The molecule has 1 aliphatic rings. The van der Waals surface area contributed by atoms with Gasteiger partial charge in [0.25, 0.3) is 5.91 Å². The van der Waals surface area contributed by atoms with Crippen LogP contribution in [0.5, 0.6) is 0 Å². The summed E-state index contributed by atoms with van der Waals surface area (Å²) in [4.78, 5) is 11.8. The van der Waals surface area contributed by atoms with Crippen molar-refractivity contribution in [2.45, 2.75) is 32.3 Å². The minimum absolute atomic E-state index is 0.297. The summed E-state index contributed by atoms with van der Waals surface area (Å²) in [6.45, 7) is 4.11. The molecule has 2 unspecified atom stereocenters. The van der Waals surface area contributed by atoms with Crippen LogP contribution in [0.4, 0.5) is 5.69 Å². The first-order valence-corrected chi connectivity index (χ1v) is 5.71. The van der Waals surface area contributed by atoms with E-state index >= 15 is 0 Å². The maximum absolute atomic E-state index is 11.8. The first kappa shape index (κ1) is 11.1. The third-order valence-electron chi connectivity index (χ3n) is 3.34. The van der Waals surface area contributed by atoms with Gasteiger partial charge >= 0.3 is 0 Å². The summed E-state index contributed by atoms with van der Waals surface area (Å²) in [5, 5.41) is 13.2. The van der Waals surface area contributed by atoms with Crippen molar-refractivity contribution >= 4 is 11.6 Å². The lowest BCUT2D eigenvalue weighted by atomic mass is 9.85. The SMILES string of the molecule is CCC(C)CC1(O)C(=O)Nc2ccccc21. The number of carbonyl (C=O) groups excluding carboxylic acids is 1. The van der Waals surface area contributed by atoms with Crippen LogP contribution in [0.1, 0.15) is 32.3 Å². The molecule has 1 aliphatic heterocycles. The summed E-state index contributed by atoms with van der Waals surface area (Å²) >= 11 is 0. The van der Waals surface area contributed by atoms with Crippen LogP contribution in [-0.2, 0) is 10.4 Å². The Labute approximate surface area is 95.5 Å². The van der Waals surface area contributed by atoms with Crippen molar-refractivity contribution in [2.75, 3.05) is 5.32 Å². The van der Waals surface area contributed by atoms with Gasteiger partial charge in [0.15, 0.2) is 5.60 Å². The van der Waals surface area contributed by atoms with Gasteiger partial charge in [-0.25, -0.2) is 0 Å². The maximum Gasteiger partial charge on any atom is 0.261 e. The number of amides is 1. The Kier molecular flexibility index (Phi) is 2.72. The summed E-state index contributed by atoms with van der Waals surface area (Å²) < 4.78 is 0. The Morgan fingerprint density at radius 1 is 1.44 bits per heavy atom. The Balaban J connectivity index is 2.37. The van der Waals surface area contributed by atoms with E-state index in [1.165, 1.54) is 0 Å². The van der Waals surface area contributed by atoms with Crippen LogP contribution >= 0.6 is 0 Å². The molecule has 2 atom stereocenters. The monoisotopic (exact) mass is 219 g/mol. The fourth-order valence-corrected chi connectivity index (χ4v) is 2.15. The second-order valence-corrected chi connectivity index (χ2v) is 4.58. The molecule has 0 saturated carbocycles.